The van der Waals surface area contributed by atoms with Crippen LogP contribution in [0.25, 0.3) is 0 Å². The van der Waals surface area contributed by atoms with Crippen molar-refractivity contribution in [2.75, 3.05) is 7.11 Å². The summed E-state index contributed by atoms with van der Waals surface area (Å²) >= 11 is 6.18. The molecule has 1 N–H and O–H groups in total. The Morgan fingerprint density at radius 3 is 2.72 bits per heavy atom. The summed E-state index contributed by atoms with van der Waals surface area (Å²) < 4.78 is 5.08. The number of aliphatic hydroxyl groups is 1. The monoisotopic (exact) mass is 264 g/mol. The van der Waals surface area contributed by atoms with Gasteiger partial charge in [-0.05, 0) is 12.5 Å². The van der Waals surface area contributed by atoms with E-state index >= 15 is 0 Å². The largest absolute Gasteiger partial charge is 0.480 e. The number of nitrogens with zero attached hydrogens (tertiary/aromatic N) is 2. The molecular formula is C13H13ClN2O2. The highest BCUT2D eigenvalue weighted by Crippen LogP contribution is 2.32. The number of aromatic nitrogens is 2. The Morgan fingerprint density at radius 1 is 1.28 bits per heavy atom. The molecule has 0 saturated heterocycles. The van der Waals surface area contributed by atoms with E-state index < -0.39 is 6.10 Å². The molecular weight excluding hydrogens is 252 g/mol. The second kappa shape index (κ2) is 5.33. The highest BCUT2D eigenvalue weighted by Gasteiger charge is 2.20. The van der Waals surface area contributed by atoms with E-state index in [-0.39, 0.29) is 0 Å². The van der Waals surface area contributed by atoms with E-state index in [1.54, 1.807) is 6.07 Å². The first kappa shape index (κ1) is 12.8. The third-order valence-corrected chi connectivity index (χ3v) is 3.18. The predicted octanol–water partition coefficient (Wildman–Crippen LogP) is 2.53. The van der Waals surface area contributed by atoms with Gasteiger partial charge in [0.05, 0.1) is 7.11 Å². The number of methoxy groups -OCH3 is 1. The van der Waals surface area contributed by atoms with Crippen LogP contribution >= 0.6 is 11.6 Å². The van der Waals surface area contributed by atoms with Gasteiger partial charge in [-0.15, -0.1) is 0 Å². The molecule has 94 valence electrons. The molecule has 5 heteroatoms. The SMILES string of the molecule is COc1nccnc1C(O)c1cccc(C)c1Cl. The molecule has 1 aromatic carbocycles. The summed E-state index contributed by atoms with van der Waals surface area (Å²) in [5.41, 5.74) is 1.85. The second-order valence-electron chi connectivity index (χ2n) is 3.83. The standard InChI is InChI=1S/C13H13ClN2O2/c1-8-4-3-5-9(10(8)14)12(17)11-13(18-2)16-7-6-15-11/h3-7,12,17H,1-2H3. The van der Waals surface area contributed by atoms with Gasteiger partial charge < -0.3 is 9.84 Å². The van der Waals surface area contributed by atoms with Gasteiger partial charge >= 0.3 is 0 Å². The Hall–Kier alpha value is -1.65. The molecule has 4 nitrogen and oxygen atoms in total. The van der Waals surface area contributed by atoms with Gasteiger partial charge in [0.15, 0.2) is 0 Å². The lowest BCUT2D eigenvalue weighted by atomic mass is 10.0. The summed E-state index contributed by atoms with van der Waals surface area (Å²) in [6.07, 6.45) is 2.05. The van der Waals surface area contributed by atoms with E-state index in [2.05, 4.69) is 9.97 Å². The molecule has 0 saturated carbocycles. The average Bonchev–Trinajstić information content (AvgIpc) is 2.41. The number of rotatable bonds is 3. The van der Waals surface area contributed by atoms with Crippen LogP contribution in [0.5, 0.6) is 5.88 Å². The summed E-state index contributed by atoms with van der Waals surface area (Å²) in [4.78, 5) is 8.11. The summed E-state index contributed by atoms with van der Waals surface area (Å²) in [6, 6.07) is 5.48. The second-order valence-corrected chi connectivity index (χ2v) is 4.21. The maximum atomic E-state index is 10.3. The summed E-state index contributed by atoms with van der Waals surface area (Å²) in [5.74, 6) is 0.294. The molecule has 2 aromatic rings. The van der Waals surface area contributed by atoms with Gasteiger partial charge in [0.25, 0.3) is 0 Å². The number of hydrogen-bond donors (Lipinski definition) is 1. The van der Waals surface area contributed by atoms with Crippen molar-refractivity contribution < 1.29 is 9.84 Å². The minimum Gasteiger partial charge on any atom is -0.480 e. The Morgan fingerprint density at radius 2 is 2.00 bits per heavy atom. The molecule has 1 aromatic heterocycles. The van der Waals surface area contributed by atoms with Gasteiger partial charge in [-0.1, -0.05) is 29.8 Å². The normalized spacial score (nSPS) is 12.2. The molecule has 0 aliphatic carbocycles. The van der Waals surface area contributed by atoms with Crippen molar-refractivity contribution in [3.63, 3.8) is 0 Å². The number of benzene rings is 1. The molecule has 0 fully saturated rings. The fraction of sp³-hybridized carbons (Fsp3) is 0.231. The maximum absolute atomic E-state index is 10.3. The third kappa shape index (κ3) is 2.30. The van der Waals surface area contributed by atoms with Crippen LogP contribution in [-0.2, 0) is 0 Å². The first-order chi connectivity index (χ1) is 8.65. The van der Waals surface area contributed by atoms with Gasteiger partial charge in [0.2, 0.25) is 5.88 Å². The van der Waals surface area contributed by atoms with E-state index in [1.807, 2.05) is 19.1 Å². The van der Waals surface area contributed by atoms with Crippen LogP contribution in [0.1, 0.15) is 22.9 Å². The molecule has 0 bridgehead atoms. The highest BCUT2D eigenvalue weighted by atomic mass is 35.5. The van der Waals surface area contributed by atoms with Crippen molar-refractivity contribution in [2.24, 2.45) is 0 Å². The van der Waals surface area contributed by atoms with Crippen molar-refractivity contribution in [1.82, 2.24) is 9.97 Å². The van der Waals surface area contributed by atoms with Crippen LogP contribution in [0.15, 0.2) is 30.6 Å². The molecule has 1 atom stereocenters. The zero-order chi connectivity index (χ0) is 13.1. The van der Waals surface area contributed by atoms with Gasteiger partial charge in [-0.25, -0.2) is 4.98 Å². The third-order valence-electron chi connectivity index (χ3n) is 2.66. The van der Waals surface area contributed by atoms with Crippen LogP contribution in [0.3, 0.4) is 0 Å². The quantitative estimate of drug-likeness (QED) is 0.926. The molecule has 0 aliphatic heterocycles. The number of ether oxygens (including phenoxy) is 1. The Kier molecular flexibility index (Phi) is 3.79. The van der Waals surface area contributed by atoms with E-state index in [0.29, 0.717) is 22.2 Å². The minimum absolute atomic E-state index is 0.294. The van der Waals surface area contributed by atoms with E-state index in [0.717, 1.165) is 5.56 Å². The van der Waals surface area contributed by atoms with Crippen LogP contribution < -0.4 is 4.74 Å². The van der Waals surface area contributed by atoms with Crippen LogP contribution in [0, 0.1) is 6.92 Å². The number of hydrogen-bond acceptors (Lipinski definition) is 4. The van der Waals surface area contributed by atoms with Crippen molar-refractivity contribution in [2.45, 2.75) is 13.0 Å². The minimum atomic E-state index is -0.957. The van der Waals surface area contributed by atoms with Crippen molar-refractivity contribution >= 4 is 11.6 Å². The van der Waals surface area contributed by atoms with E-state index in [1.165, 1.54) is 19.5 Å². The zero-order valence-corrected chi connectivity index (χ0v) is 10.8. The fourth-order valence-electron chi connectivity index (χ4n) is 1.71. The zero-order valence-electron chi connectivity index (χ0n) is 10.1. The summed E-state index contributed by atoms with van der Waals surface area (Å²) in [5, 5.41) is 10.9. The smallest absolute Gasteiger partial charge is 0.238 e. The lowest BCUT2D eigenvalue weighted by molar-refractivity contribution is 0.207. The van der Waals surface area contributed by atoms with Crippen LogP contribution in [0.2, 0.25) is 5.02 Å². The van der Waals surface area contributed by atoms with Crippen molar-refractivity contribution in [3.05, 3.63) is 52.4 Å². The molecule has 1 heterocycles. The van der Waals surface area contributed by atoms with Crippen molar-refractivity contribution in [1.29, 1.82) is 0 Å². The topological polar surface area (TPSA) is 55.2 Å². The Bertz CT molecular complexity index is 560. The Labute approximate surface area is 110 Å². The highest BCUT2D eigenvalue weighted by molar-refractivity contribution is 6.32. The first-order valence-electron chi connectivity index (χ1n) is 5.43. The molecule has 0 radical (unpaired) electrons. The van der Waals surface area contributed by atoms with Gasteiger partial charge in [-0.3, -0.25) is 4.98 Å². The van der Waals surface area contributed by atoms with Gasteiger partial charge in [0.1, 0.15) is 11.8 Å². The molecule has 1 unspecified atom stereocenters. The van der Waals surface area contributed by atoms with Crippen molar-refractivity contribution in [3.8, 4) is 5.88 Å². The predicted molar refractivity (Wildman–Crippen MR) is 68.8 cm³/mol. The van der Waals surface area contributed by atoms with E-state index in [9.17, 15) is 5.11 Å². The fourth-order valence-corrected chi connectivity index (χ4v) is 1.94. The molecule has 0 spiro atoms. The van der Waals surface area contributed by atoms with Gasteiger partial charge in [0, 0.05) is 23.0 Å². The molecule has 0 amide bonds. The lowest BCUT2D eigenvalue weighted by Gasteiger charge is -2.15. The lowest BCUT2D eigenvalue weighted by Crippen LogP contribution is -2.07. The summed E-state index contributed by atoms with van der Waals surface area (Å²) in [6.45, 7) is 1.88. The number of aliphatic hydroxyl groups excluding tert-OH is 1. The average molecular weight is 265 g/mol. The van der Waals surface area contributed by atoms with Crippen LogP contribution in [-0.4, -0.2) is 22.2 Å². The van der Waals surface area contributed by atoms with Crippen LogP contribution in [0.4, 0.5) is 0 Å². The summed E-state index contributed by atoms with van der Waals surface area (Å²) in [7, 11) is 1.48. The van der Waals surface area contributed by atoms with E-state index in [4.69, 9.17) is 16.3 Å². The molecule has 0 aliphatic rings. The first-order valence-corrected chi connectivity index (χ1v) is 5.81. The number of aryl methyl sites for hydroxylation is 1. The Balaban J connectivity index is 2.48. The maximum Gasteiger partial charge on any atom is 0.238 e. The van der Waals surface area contributed by atoms with Gasteiger partial charge in [-0.2, -0.15) is 0 Å². The molecule has 2 rings (SSSR count). The number of halogens is 1. The molecule has 18 heavy (non-hydrogen) atoms.